The topological polar surface area (TPSA) is 117 Å². The number of benzene rings is 1. The Hall–Kier alpha value is -3.67. The summed E-state index contributed by atoms with van der Waals surface area (Å²) in [6.45, 7) is 2.98. The number of aromatic nitrogens is 1. The predicted octanol–water partition coefficient (Wildman–Crippen LogP) is 1.10. The molecule has 0 aliphatic carbocycles. The molecule has 0 bridgehead atoms. The second kappa shape index (κ2) is 9.86. The number of amides is 3. The van der Waals surface area contributed by atoms with Crippen LogP contribution in [0.25, 0.3) is 0 Å². The molecular formula is C21H24FN5O6. The van der Waals surface area contributed by atoms with Crippen LogP contribution < -0.4 is 15.1 Å². The molecule has 0 radical (unpaired) electrons. The Morgan fingerprint density at radius 2 is 2.09 bits per heavy atom. The van der Waals surface area contributed by atoms with Crippen LogP contribution in [0.15, 0.2) is 35.1 Å². The monoisotopic (exact) mass is 461 g/mol. The Labute approximate surface area is 188 Å². The molecule has 1 aromatic heterocycles. The largest absolute Gasteiger partial charge is 0.442 e. The van der Waals surface area contributed by atoms with Crippen molar-refractivity contribution in [2.45, 2.75) is 19.4 Å². The van der Waals surface area contributed by atoms with Gasteiger partial charge in [0.1, 0.15) is 18.2 Å². The number of nitrogens with one attached hydrogen (secondary N) is 1. The number of halogens is 1. The molecule has 2 aromatic rings. The summed E-state index contributed by atoms with van der Waals surface area (Å²) in [5.74, 6) is -0.990. The van der Waals surface area contributed by atoms with E-state index in [2.05, 4.69) is 10.5 Å². The summed E-state index contributed by atoms with van der Waals surface area (Å²) in [6.07, 6.45) is 0.342. The molecule has 3 amide bonds. The molecule has 1 atom stereocenters. The van der Waals surface area contributed by atoms with Crippen LogP contribution in [-0.4, -0.2) is 73.6 Å². The number of carbonyl (C=O) groups excluding carboxylic acids is 3. The van der Waals surface area contributed by atoms with E-state index in [-0.39, 0.29) is 44.5 Å². The van der Waals surface area contributed by atoms with Gasteiger partial charge in [-0.05, 0) is 18.2 Å². The van der Waals surface area contributed by atoms with Crippen LogP contribution in [0.1, 0.15) is 12.6 Å². The molecule has 0 unspecified atom stereocenters. The summed E-state index contributed by atoms with van der Waals surface area (Å²) in [5, 5.41) is 7.59. The molecule has 33 heavy (non-hydrogen) atoms. The summed E-state index contributed by atoms with van der Waals surface area (Å²) >= 11 is 0. The van der Waals surface area contributed by atoms with Crippen molar-refractivity contribution in [2.75, 3.05) is 49.1 Å². The predicted molar refractivity (Wildman–Crippen MR) is 113 cm³/mol. The zero-order valence-electron chi connectivity index (χ0n) is 18.0. The zero-order chi connectivity index (χ0) is 23.4. The summed E-state index contributed by atoms with van der Waals surface area (Å²) in [7, 11) is 0. The van der Waals surface area contributed by atoms with E-state index in [9.17, 15) is 18.8 Å². The van der Waals surface area contributed by atoms with Gasteiger partial charge in [-0.25, -0.2) is 14.2 Å². The van der Waals surface area contributed by atoms with E-state index in [4.69, 9.17) is 14.1 Å². The summed E-state index contributed by atoms with van der Waals surface area (Å²) in [4.78, 5) is 44.3. The molecule has 0 spiro atoms. The molecule has 1 N–H and O–H groups in total. The van der Waals surface area contributed by atoms with Crippen molar-refractivity contribution < 1.29 is 32.9 Å². The summed E-state index contributed by atoms with van der Waals surface area (Å²) in [6, 6.07) is 6.11. The van der Waals surface area contributed by atoms with Gasteiger partial charge >= 0.3 is 6.09 Å². The van der Waals surface area contributed by atoms with E-state index in [1.54, 1.807) is 23.1 Å². The van der Waals surface area contributed by atoms with Crippen LogP contribution in [0, 0.1) is 5.82 Å². The molecule has 3 heterocycles. The molecule has 0 saturated carbocycles. The fourth-order valence-corrected chi connectivity index (χ4v) is 3.67. The van der Waals surface area contributed by atoms with E-state index in [1.807, 2.05) is 0 Å². The first kappa shape index (κ1) is 22.5. The van der Waals surface area contributed by atoms with Gasteiger partial charge in [0.15, 0.2) is 0 Å². The Kier molecular flexibility index (Phi) is 6.73. The fourth-order valence-electron chi connectivity index (χ4n) is 3.67. The highest BCUT2D eigenvalue weighted by molar-refractivity contribution is 5.90. The maximum Gasteiger partial charge on any atom is 0.414 e. The van der Waals surface area contributed by atoms with Crippen molar-refractivity contribution in [1.29, 1.82) is 0 Å². The van der Waals surface area contributed by atoms with Gasteiger partial charge in [-0.3, -0.25) is 19.3 Å². The van der Waals surface area contributed by atoms with Crippen molar-refractivity contribution in [2.24, 2.45) is 0 Å². The number of rotatable bonds is 6. The lowest BCUT2D eigenvalue weighted by molar-refractivity contribution is -0.181. The highest BCUT2D eigenvalue weighted by Crippen LogP contribution is 2.28. The second-order valence-corrected chi connectivity index (χ2v) is 7.67. The maximum absolute atomic E-state index is 15.0. The number of hydrogen-bond acceptors (Lipinski definition) is 8. The molecule has 1 aromatic carbocycles. The van der Waals surface area contributed by atoms with Gasteiger partial charge in [0.2, 0.25) is 5.91 Å². The van der Waals surface area contributed by atoms with E-state index in [0.717, 1.165) is 0 Å². The number of cyclic esters (lactones) is 1. The quantitative estimate of drug-likeness (QED) is 0.680. The average Bonchev–Trinajstić information content (AvgIpc) is 3.35. The molecule has 2 aliphatic rings. The standard InChI is InChI=1S/C21H24FN5O6/c1-14(28)23-12-17-13-26(21(30)33-17)16-2-3-19(18(22)11-16)25-5-6-27(32-9-7-25)20(29)10-15-4-8-31-24-15/h2-4,8,11,17H,5-7,9-10,12-13H2,1H3,(H,23,28)/t17-/m0/s1. The number of anilines is 2. The molecule has 4 rings (SSSR count). The highest BCUT2D eigenvalue weighted by Gasteiger charge is 2.33. The maximum atomic E-state index is 15.0. The highest BCUT2D eigenvalue weighted by atomic mass is 19.1. The molecule has 2 saturated heterocycles. The van der Waals surface area contributed by atoms with Crippen molar-refractivity contribution in [1.82, 2.24) is 15.5 Å². The van der Waals surface area contributed by atoms with Crippen LogP contribution >= 0.6 is 0 Å². The van der Waals surface area contributed by atoms with E-state index in [0.29, 0.717) is 30.2 Å². The molecule has 2 fully saturated rings. The van der Waals surface area contributed by atoms with Gasteiger partial charge in [-0.1, -0.05) is 5.16 Å². The third-order valence-corrected chi connectivity index (χ3v) is 5.32. The number of carbonyl (C=O) groups is 3. The van der Waals surface area contributed by atoms with Gasteiger partial charge in [-0.2, -0.15) is 0 Å². The van der Waals surface area contributed by atoms with Crippen LogP contribution in [0.2, 0.25) is 0 Å². The Bertz CT molecular complexity index is 1020. The lowest BCUT2D eigenvalue weighted by Gasteiger charge is -2.24. The minimum atomic E-state index is -0.595. The van der Waals surface area contributed by atoms with Gasteiger partial charge < -0.3 is 19.5 Å². The Morgan fingerprint density at radius 1 is 1.24 bits per heavy atom. The Balaban J connectivity index is 1.37. The number of ether oxygens (including phenoxy) is 1. The molecule has 176 valence electrons. The number of nitrogens with zero attached hydrogens (tertiary/aromatic N) is 4. The van der Waals surface area contributed by atoms with Gasteiger partial charge in [0.25, 0.3) is 5.91 Å². The van der Waals surface area contributed by atoms with Crippen LogP contribution in [0.4, 0.5) is 20.6 Å². The van der Waals surface area contributed by atoms with Crippen LogP contribution in [-0.2, 0) is 25.6 Å². The lowest BCUT2D eigenvalue weighted by Crippen LogP contribution is -2.35. The van der Waals surface area contributed by atoms with Crippen molar-refractivity contribution >= 4 is 29.3 Å². The lowest BCUT2D eigenvalue weighted by atomic mass is 10.2. The van der Waals surface area contributed by atoms with Crippen molar-refractivity contribution in [3.8, 4) is 0 Å². The first-order valence-corrected chi connectivity index (χ1v) is 10.5. The summed E-state index contributed by atoms with van der Waals surface area (Å²) < 4.78 is 25.0. The average molecular weight is 461 g/mol. The van der Waals surface area contributed by atoms with Gasteiger partial charge in [-0.15, -0.1) is 0 Å². The normalized spacial score (nSPS) is 18.8. The molecule has 11 nitrogen and oxygen atoms in total. The van der Waals surface area contributed by atoms with E-state index >= 15 is 0 Å². The molecule has 2 aliphatic heterocycles. The summed E-state index contributed by atoms with van der Waals surface area (Å²) in [5.41, 5.74) is 1.21. The SMILES string of the molecule is CC(=O)NC[C@H]1CN(c2ccc(N3CCON(C(=O)Cc4ccon4)CC3)c(F)c2)C(=O)O1. The van der Waals surface area contributed by atoms with Gasteiger partial charge in [0, 0.05) is 26.1 Å². The minimum absolute atomic E-state index is 0.0500. The number of hydroxylamine groups is 2. The Morgan fingerprint density at radius 3 is 2.82 bits per heavy atom. The second-order valence-electron chi connectivity index (χ2n) is 7.67. The van der Waals surface area contributed by atoms with E-state index in [1.165, 1.54) is 29.2 Å². The number of hydrogen-bond donors (Lipinski definition) is 1. The third kappa shape index (κ3) is 5.40. The minimum Gasteiger partial charge on any atom is -0.442 e. The zero-order valence-corrected chi connectivity index (χ0v) is 18.0. The van der Waals surface area contributed by atoms with E-state index < -0.39 is 18.0 Å². The molecular weight excluding hydrogens is 437 g/mol. The molecule has 12 heteroatoms. The van der Waals surface area contributed by atoms with Crippen LogP contribution in [0.5, 0.6) is 0 Å². The van der Waals surface area contributed by atoms with Gasteiger partial charge in [0.05, 0.1) is 49.7 Å². The van der Waals surface area contributed by atoms with Crippen molar-refractivity contribution in [3.05, 3.63) is 42.0 Å². The fraction of sp³-hybridized carbons (Fsp3) is 0.429. The third-order valence-electron chi connectivity index (χ3n) is 5.32. The first-order chi connectivity index (χ1) is 15.9. The van der Waals surface area contributed by atoms with Crippen molar-refractivity contribution in [3.63, 3.8) is 0 Å². The smallest absolute Gasteiger partial charge is 0.414 e. The van der Waals surface area contributed by atoms with Crippen LogP contribution in [0.3, 0.4) is 0 Å². The first-order valence-electron chi connectivity index (χ1n) is 10.5.